The molecule has 1 heterocycles. The molecule has 0 aliphatic carbocycles. The molecule has 4 unspecified atom stereocenters. The quantitative estimate of drug-likeness (QED) is 0.260. The number of hydrogen-bond donors (Lipinski definition) is 3. The number of alkyl halides is 1. The van der Waals surface area contributed by atoms with Crippen LogP contribution in [0.5, 0.6) is 0 Å². The number of hydrogen-bond acceptors (Lipinski definition) is 12. The van der Waals surface area contributed by atoms with E-state index in [4.69, 9.17) is 24.7 Å². The minimum absolute atomic E-state index is 0.648. The van der Waals surface area contributed by atoms with Crippen LogP contribution in [-0.4, -0.2) is 91.0 Å². The summed E-state index contributed by atoms with van der Waals surface area (Å²) in [6, 6.07) is -3.27. The van der Waals surface area contributed by atoms with Gasteiger partial charge in [-0.05, 0) is 0 Å². The summed E-state index contributed by atoms with van der Waals surface area (Å²) in [5.41, 5.74) is 5.85. The SMILES string of the molecule is COC(=O)C1(O)OC([C@H](OC(C)=O)[C@@H](COC(C)=O)OC(C)=O)C(NC(C)=O)C(N)[C@@H]1F. The van der Waals surface area contributed by atoms with Crippen molar-refractivity contribution in [3.63, 3.8) is 0 Å². The molecule has 4 N–H and O–H groups in total. The summed E-state index contributed by atoms with van der Waals surface area (Å²) < 4.78 is 39.6. The molecule has 0 aromatic heterocycles. The molecule has 0 aromatic carbocycles. The van der Waals surface area contributed by atoms with Gasteiger partial charge in [-0.25, -0.2) is 9.18 Å². The number of nitrogens with two attached hydrogens (primary N) is 1. The first-order valence-electron chi connectivity index (χ1n) is 9.37. The first-order chi connectivity index (χ1) is 14.7. The van der Waals surface area contributed by atoms with Crippen LogP contribution in [0.4, 0.5) is 4.39 Å². The largest absolute Gasteiger partial charge is 0.465 e. The number of rotatable bonds is 8. The Balaban J connectivity index is 3.56. The lowest BCUT2D eigenvalue weighted by Gasteiger charge is -2.48. The lowest BCUT2D eigenvalue weighted by atomic mass is 9.85. The average Bonchev–Trinajstić information content (AvgIpc) is 2.68. The van der Waals surface area contributed by atoms with Crippen molar-refractivity contribution in [3.05, 3.63) is 0 Å². The number of ether oxygens (including phenoxy) is 5. The molecule has 0 bridgehead atoms. The third kappa shape index (κ3) is 6.58. The number of carbonyl (C=O) groups is 5. The van der Waals surface area contributed by atoms with Crippen LogP contribution in [0.2, 0.25) is 0 Å². The van der Waals surface area contributed by atoms with Crippen LogP contribution in [0, 0.1) is 0 Å². The van der Waals surface area contributed by atoms with E-state index in [1.807, 2.05) is 0 Å². The molecule has 0 aromatic rings. The van der Waals surface area contributed by atoms with Gasteiger partial charge in [0.05, 0.1) is 19.2 Å². The van der Waals surface area contributed by atoms with Gasteiger partial charge in [-0.2, -0.15) is 0 Å². The Hall–Kier alpha value is -2.84. The van der Waals surface area contributed by atoms with Crippen LogP contribution in [-0.2, 0) is 47.7 Å². The first-order valence-corrected chi connectivity index (χ1v) is 9.37. The summed E-state index contributed by atoms with van der Waals surface area (Å²) in [6.07, 6.45) is -7.61. The normalized spacial score (nSPS) is 29.1. The summed E-state index contributed by atoms with van der Waals surface area (Å²) in [7, 11) is 0.850. The van der Waals surface area contributed by atoms with Gasteiger partial charge in [0.2, 0.25) is 5.91 Å². The molecule has 14 heteroatoms. The van der Waals surface area contributed by atoms with Gasteiger partial charge >= 0.3 is 29.7 Å². The van der Waals surface area contributed by atoms with Crippen molar-refractivity contribution in [2.24, 2.45) is 5.73 Å². The fraction of sp³-hybridized carbons (Fsp3) is 0.722. The van der Waals surface area contributed by atoms with E-state index in [0.29, 0.717) is 0 Å². The molecule has 1 saturated heterocycles. The van der Waals surface area contributed by atoms with Crippen LogP contribution in [0.25, 0.3) is 0 Å². The molecular weight excluding hydrogens is 439 g/mol. The van der Waals surface area contributed by atoms with Crippen molar-refractivity contribution < 1.29 is 57.2 Å². The van der Waals surface area contributed by atoms with Crippen molar-refractivity contribution in [2.75, 3.05) is 13.7 Å². The van der Waals surface area contributed by atoms with E-state index in [0.717, 1.165) is 34.8 Å². The molecule has 7 atom stereocenters. The topological polar surface area (TPSA) is 190 Å². The van der Waals surface area contributed by atoms with Crippen LogP contribution >= 0.6 is 0 Å². The van der Waals surface area contributed by atoms with Crippen molar-refractivity contribution in [3.8, 4) is 0 Å². The van der Waals surface area contributed by atoms with E-state index in [-0.39, 0.29) is 0 Å². The lowest BCUT2D eigenvalue weighted by molar-refractivity contribution is -0.307. The van der Waals surface area contributed by atoms with E-state index >= 15 is 0 Å². The summed E-state index contributed by atoms with van der Waals surface area (Å²) in [5.74, 6) is -8.13. The number of halogens is 1. The highest BCUT2D eigenvalue weighted by molar-refractivity contribution is 5.79. The van der Waals surface area contributed by atoms with Crippen molar-refractivity contribution in [1.82, 2.24) is 5.32 Å². The standard InChI is InChI=1S/C18H27FN2O11/c1-7(22)21-13-12(20)16(19)18(27,17(26)28-5)32-15(13)14(31-10(4)25)11(30-9(3)24)6-29-8(2)23/h11-16,27H,6,20H2,1-5H3,(H,21,22)/t11-,12?,13?,14-,15?,16+,18?/m1/s1. The Morgan fingerprint density at radius 3 is 2.09 bits per heavy atom. The maximum absolute atomic E-state index is 14.9. The minimum Gasteiger partial charge on any atom is -0.465 e. The van der Waals surface area contributed by atoms with Gasteiger partial charge in [0.25, 0.3) is 0 Å². The number of nitrogens with one attached hydrogen (secondary N) is 1. The fourth-order valence-electron chi connectivity index (χ4n) is 3.15. The van der Waals surface area contributed by atoms with Crippen LogP contribution in [0.3, 0.4) is 0 Å². The molecule has 32 heavy (non-hydrogen) atoms. The molecular formula is C18H27FN2O11. The number of carbonyl (C=O) groups excluding carboxylic acids is 5. The molecule has 0 radical (unpaired) electrons. The Labute approximate surface area is 182 Å². The minimum atomic E-state index is -3.26. The van der Waals surface area contributed by atoms with Crippen molar-refractivity contribution >= 4 is 29.8 Å². The predicted octanol–water partition coefficient (Wildman–Crippen LogP) is -2.16. The molecule has 1 aliphatic rings. The zero-order valence-electron chi connectivity index (χ0n) is 18.2. The van der Waals surface area contributed by atoms with E-state index in [9.17, 15) is 33.5 Å². The Bertz CT molecular complexity index is 748. The second kappa shape index (κ2) is 11.2. The van der Waals surface area contributed by atoms with Crippen LogP contribution in [0.1, 0.15) is 27.7 Å². The Kier molecular flexibility index (Phi) is 9.48. The van der Waals surface area contributed by atoms with Crippen LogP contribution < -0.4 is 11.1 Å². The molecule has 0 spiro atoms. The summed E-state index contributed by atoms with van der Waals surface area (Å²) in [6.45, 7) is 3.46. The smallest absolute Gasteiger partial charge is 0.369 e. The third-order valence-electron chi connectivity index (χ3n) is 4.40. The molecule has 182 valence electrons. The summed E-state index contributed by atoms with van der Waals surface area (Å²) in [4.78, 5) is 58.4. The second-order valence-corrected chi connectivity index (χ2v) is 7.00. The Morgan fingerprint density at radius 1 is 1.09 bits per heavy atom. The Morgan fingerprint density at radius 2 is 1.66 bits per heavy atom. The van der Waals surface area contributed by atoms with Gasteiger partial charge in [0, 0.05) is 27.7 Å². The molecule has 1 amide bonds. The monoisotopic (exact) mass is 466 g/mol. The number of aliphatic hydroxyl groups is 1. The molecule has 0 saturated carbocycles. The zero-order valence-corrected chi connectivity index (χ0v) is 18.2. The first kappa shape index (κ1) is 27.2. The van der Waals surface area contributed by atoms with E-state index < -0.39 is 78.7 Å². The molecule has 13 nitrogen and oxygen atoms in total. The fourth-order valence-corrected chi connectivity index (χ4v) is 3.15. The maximum Gasteiger partial charge on any atom is 0.369 e. The summed E-state index contributed by atoms with van der Waals surface area (Å²) >= 11 is 0. The van der Waals surface area contributed by atoms with Gasteiger partial charge in [0.15, 0.2) is 18.4 Å². The highest BCUT2D eigenvalue weighted by Crippen LogP contribution is 2.34. The highest BCUT2D eigenvalue weighted by atomic mass is 19.1. The lowest BCUT2D eigenvalue weighted by Crippen LogP contribution is -2.75. The third-order valence-corrected chi connectivity index (χ3v) is 4.40. The summed E-state index contributed by atoms with van der Waals surface area (Å²) in [5, 5.41) is 12.9. The number of methoxy groups -OCH3 is 1. The van der Waals surface area contributed by atoms with E-state index in [1.54, 1.807) is 0 Å². The molecule has 1 rings (SSSR count). The number of esters is 4. The number of amides is 1. The van der Waals surface area contributed by atoms with Gasteiger partial charge in [-0.1, -0.05) is 0 Å². The molecule has 1 aliphatic heterocycles. The molecule has 1 fully saturated rings. The van der Waals surface area contributed by atoms with Gasteiger partial charge < -0.3 is 39.8 Å². The highest BCUT2D eigenvalue weighted by Gasteiger charge is 2.62. The maximum atomic E-state index is 14.9. The van der Waals surface area contributed by atoms with E-state index in [1.165, 1.54) is 0 Å². The van der Waals surface area contributed by atoms with Gasteiger partial charge in [-0.3, -0.25) is 19.2 Å². The van der Waals surface area contributed by atoms with E-state index in [2.05, 4.69) is 10.1 Å². The van der Waals surface area contributed by atoms with Crippen molar-refractivity contribution in [2.45, 2.75) is 70.0 Å². The van der Waals surface area contributed by atoms with Gasteiger partial charge in [0.1, 0.15) is 12.7 Å². The average molecular weight is 466 g/mol. The van der Waals surface area contributed by atoms with Crippen molar-refractivity contribution in [1.29, 1.82) is 0 Å². The van der Waals surface area contributed by atoms with Crippen LogP contribution in [0.15, 0.2) is 0 Å². The predicted molar refractivity (Wildman–Crippen MR) is 100 cm³/mol. The zero-order chi connectivity index (χ0) is 24.8. The van der Waals surface area contributed by atoms with Gasteiger partial charge in [-0.15, -0.1) is 0 Å². The second-order valence-electron chi connectivity index (χ2n) is 7.00.